The Bertz CT molecular complexity index is 80.5. The van der Waals surface area contributed by atoms with Crippen molar-refractivity contribution in [3.05, 3.63) is 0 Å². The molecule has 0 aromatic carbocycles. The SMILES string of the molecule is CC(C)NC(=O)CO. The fraction of sp³-hybridized carbons (Fsp3) is 0.800. The van der Waals surface area contributed by atoms with Gasteiger partial charge in [-0.1, -0.05) is 0 Å². The van der Waals surface area contributed by atoms with Gasteiger partial charge < -0.3 is 10.4 Å². The molecule has 8 heavy (non-hydrogen) atoms. The number of amides is 1. The maximum Gasteiger partial charge on any atom is 0.245 e. The smallest absolute Gasteiger partial charge is 0.245 e. The molecule has 0 aliphatic rings. The van der Waals surface area contributed by atoms with Crippen molar-refractivity contribution in [3.8, 4) is 0 Å². The average Bonchev–Trinajstić information content (AvgIpc) is 1.65. The van der Waals surface area contributed by atoms with E-state index in [-0.39, 0.29) is 11.9 Å². The summed E-state index contributed by atoms with van der Waals surface area (Å²) in [5.41, 5.74) is 0. The highest BCUT2D eigenvalue weighted by Crippen LogP contribution is 1.73. The lowest BCUT2D eigenvalue weighted by molar-refractivity contribution is -0.124. The van der Waals surface area contributed by atoms with E-state index >= 15 is 0 Å². The zero-order chi connectivity index (χ0) is 6.57. The maximum atomic E-state index is 10.3. The van der Waals surface area contributed by atoms with E-state index < -0.39 is 6.61 Å². The molecule has 0 fully saturated rings. The van der Waals surface area contributed by atoms with Crippen molar-refractivity contribution in [2.75, 3.05) is 6.61 Å². The summed E-state index contributed by atoms with van der Waals surface area (Å²) in [6, 6.07) is 0.120. The Morgan fingerprint density at radius 2 is 2.25 bits per heavy atom. The highest BCUT2D eigenvalue weighted by Gasteiger charge is 1.97. The van der Waals surface area contributed by atoms with Gasteiger partial charge in [-0.25, -0.2) is 0 Å². The Hall–Kier alpha value is -0.570. The summed E-state index contributed by atoms with van der Waals surface area (Å²) < 4.78 is 0. The maximum absolute atomic E-state index is 10.3. The molecule has 0 aliphatic carbocycles. The summed E-state index contributed by atoms with van der Waals surface area (Å²) in [5, 5.41) is 10.7. The van der Waals surface area contributed by atoms with E-state index in [1.165, 1.54) is 0 Å². The van der Waals surface area contributed by atoms with E-state index in [1.807, 2.05) is 13.8 Å². The van der Waals surface area contributed by atoms with E-state index in [9.17, 15) is 4.79 Å². The molecule has 0 rings (SSSR count). The van der Waals surface area contributed by atoms with Crippen LogP contribution in [0.2, 0.25) is 0 Å². The number of nitrogens with one attached hydrogen (secondary N) is 1. The normalized spacial score (nSPS) is 9.50. The van der Waals surface area contributed by atoms with Gasteiger partial charge >= 0.3 is 0 Å². The molecule has 0 spiro atoms. The molecule has 0 radical (unpaired) electrons. The molecule has 2 N–H and O–H groups in total. The van der Waals surface area contributed by atoms with Crippen LogP contribution in [0.1, 0.15) is 13.8 Å². The molecule has 48 valence electrons. The van der Waals surface area contributed by atoms with E-state index in [2.05, 4.69) is 5.32 Å². The third-order valence-corrected chi connectivity index (χ3v) is 0.593. The van der Waals surface area contributed by atoms with Gasteiger partial charge in [-0.15, -0.1) is 0 Å². The lowest BCUT2D eigenvalue weighted by Gasteiger charge is -2.04. The first kappa shape index (κ1) is 7.43. The molecule has 0 aromatic heterocycles. The molecule has 0 aliphatic heterocycles. The molecule has 0 saturated heterocycles. The zero-order valence-electron chi connectivity index (χ0n) is 5.14. The lowest BCUT2D eigenvalue weighted by Crippen LogP contribution is -2.32. The summed E-state index contributed by atoms with van der Waals surface area (Å²) in [7, 11) is 0. The van der Waals surface area contributed by atoms with Gasteiger partial charge in [0.2, 0.25) is 5.91 Å². The quantitative estimate of drug-likeness (QED) is 0.512. The van der Waals surface area contributed by atoms with Crippen molar-refractivity contribution in [1.29, 1.82) is 0 Å². The van der Waals surface area contributed by atoms with Crippen molar-refractivity contribution in [2.45, 2.75) is 19.9 Å². The highest BCUT2D eigenvalue weighted by molar-refractivity contribution is 5.77. The molecular weight excluding hydrogens is 106 g/mol. The molecule has 1 amide bonds. The molecule has 0 aromatic rings. The minimum atomic E-state index is -0.418. The van der Waals surface area contributed by atoms with Crippen molar-refractivity contribution in [2.24, 2.45) is 0 Å². The number of carbonyl (C=O) groups excluding carboxylic acids is 1. The first-order chi connectivity index (χ1) is 3.66. The number of carbonyl (C=O) groups is 1. The summed E-state index contributed by atoms with van der Waals surface area (Å²) in [6.45, 7) is 3.26. The van der Waals surface area contributed by atoms with Gasteiger partial charge in [0.25, 0.3) is 0 Å². The van der Waals surface area contributed by atoms with Crippen molar-refractivity contribution < 1.29 is 9.90 Å². The van der Waals surface area contributed by atoms with Crippen molar-refractivity contribution in [3.63, 3.8) is 0 Å². The van der Waals surface area contributed by atoms with E-state index in [0.29, 0.717) is 0 Å². The highest BCUT2D eigenvalue weighted by atomic mass is 16.3. The fourth-order valence-electron chi connectivity index (χ4n) is 0.368. The summed E-state index contributed by atoms with van der Waals surface area (Å²) >= 11 is 0. The first-order valence-corrected chi connectivity index (χ1v) is 2.57. The predicted octanol–water partition coefficient (Wildman–Crippen LogP) is -0.497. The molecule has 0 bridgehead atoms. The molecule has 0 saturated carbocycles. The van der Waals surface area contributed by atoms with Crippen molar-refractivity contribution >= 4 is 5.91 Å². The standard InChI is InChI=1S/C5H11NO2/c1-4(2)6-5(8)3-7/h4,7H,3H2,1-2H3,(H,6,8). The Balaban J connectivity index is 3.25. The second kappa shape index (κ2) is 3.43. The second-order valence-electron chi connectivity index (χ2n) is 1.88. The molecule has 3 heteroatoms. The monoisotopic (exact) mass is 117 g/mol. The van der Waals surface area contributed by atoms with Crippen LogP contribution in [0.5, 0.6) is 0 Å². The van der Waals surface area contributed by atoms with Crippen LogP contribution in [0.25, 0.3) is 0 Å². The Kier molecular flexibility index (Phi) is 3.19. The van der Waals surface area contributed by atoms with Crippen LogP contribution in [0.15, 0.2) is 0 Å². The number of aliphatic hydroxyl groups is 1. The Morgan fingerprint density at radius 1 is 1.75 bits per heavy atom. The molecule has 3 nitrogen and oxygen atoms in total. The van der Waals surface area contributed by atoms with Crippen molar-refractivity contribution in [1.82, 2.24) is 5.32 Å². The van der Waals surface area contributed by atoms with Gasteiger partial charge in [0, 0.05) is 6.04 Å². The van der Waals surface area contributed by atoms with Crippen LogP contribution in [0, 0.1) is 0 Å². The second-order valence-corrected chi connectivity index (χ2v) is 1.88. The Morgan fingerprint density at radius 3 is 2.38 bits per heavy atom. The summed E-state index contributed by atoms with van der Waals surface area (Å²) in [6.07, 6.45) is 0. The van der Waals surface area contributed by atoms with Crippen LogP contribution in [-0.4, -0.2) is 23.7 Å². The number of hydrogen-bond donors (Lipinski definition) is 2. The number of aliphatic hydroxyl groups excluding tert-OH is 1. The molecule has 0 atom stereocenters. The van der Waals surface area contributed by atoms with Crippen LogP contribution >= 0.6 is 0 Å². The van der Waals surface area contributed by atoms with Crippen LogP contribution in [-0.2, 0) is 4.79 Å². The largest absolute Gasteiger partial charge is 0.387 e. The van der Waals surface area contributed by atoms with E-state index in [1.54, 1.807) is 0 Å². The van der Waals surface area contributed by atoms with Crippen LogP contribution in [0.4, 0.5) is 0 Å². The van der Waals surface area contributed by atoms with Gasteiger partial charge in [0.05, 0.1) is 0 Å². The van der Waals surface area contributed by atoms with Gasteiger partial charge in [-0.2, -0.15) is 0 Å². The Labute approximate surface area is 48.7 Å². The lowest BCUT2D eigenvalue weighted by atomic mass is 10.4. The average molecular weight is 117 g/mol. The van der Waals surface area contributed by atoms with Crippen LogP contribution in [0.3, 0.4) is 0 Å². The first-order valence-electron chi connectivity index (χ1n) is 2.57. The molecular formula is C5H11NO2. The fourth-order valence-corrected chi connectivity index (χ4v) is 0.368. The minimum Gasteiger partial charge on any atom is -0.387 e. The number of hydrogen-bond acceptors (Lipinski definition) is 2. The molecule has 0 unspecified atom stereocenters. The van der Waals surface area contributed by atoms with Crippen LogP contribution < -0.4 is 5.32 Å². The van der Waals surface area contributed by atoms with Gasteiger partial charge in [-0.05, 0) is 13.8 Å². The predicted molar refractivity (Wildman–Crippen MR) is 30.4 cm³/mol. The third kappa shape index (κ3) is 3.61. The number of rotatable bonds is 2. The van der Waals surface area contributed by atoms with E-state index in [0.717, 1.165) is 0 Å². The topological polar surface area (TPSA) is 49.3 Å². The van der Waals surface area contributed by atoms with Gasteiger partial charge in [-0.3, -0.25) is 4.79 Å². The van der Waals surface area contributed by atoms with E-state index in [4.69, 9.17) is 5.11 Å². The zero-order valence-corrected chi connectivity index (χ0v) is 5.14. The third-order valence-electron chi connectivity index (χ3n) is 0.593. The van der Waals surface area contributed by atoms with Gasteiger partial charge in [0.15, 0.2) is 0 Å². The summed E-state index contributed by atoms with van der Waals surface area (Å²) in [4.78, 5) is 10.3. The van der Waals surface area contributed by atoms with Gasteiger partial charge in [0.1, 0.15) is 6.61 Å². The molecule has 0 heterocycles. The summed E-state index contributed by atoms with van der Waals surface area (Å²) in [5.74, 6) is -0.319. The minimum absolute atomic E-state index is 0.120.